The van der Waals surface area contributed by atoms with E-state index in [0.717, 1.165) is 12.8 Å². The molecule has 0 bridgehead atoms. The molecule has 25 heavy (non-hydrogen) atoms. The van der Waals surface area contributed by atoms with Gasteiger partial charge in [-0.2, -0.15) is 0 Å². The number of nitrogens with one attached hydrogen (secondary N) is 1. The smallest absolute Gasteiger partial charge is 0.253 e. The molecule has 2 aliphatic rings. The number of amidine groups is 1. The Balaban J connectivity index is 1.58. The number of nitrogen functional groups attached to an aromatic ring is 1. The molecule has 1 fully saturated rings. The van der Waals surface area contributed by atoms with Gasteiger partial charge in [0.1, 0.15) is 5.84 Å². The van der Waals surface area contributed by atoms with Gasteiger partial charge >= 0.3 is 0 Å². The minimum absolute atomic E-state index is 0.0180. The Morgan fingerprint density at radius 1 is 1.24 bits per heavy atom. The number of aliphatic imine (C=N–C) groups is 1. The monoisotopic (exact) mass is 345 g/mol. The van der Waals surface area contributed by atoms with E-state index in [-0.39, 0.29) is 23.8 Å². The van der Waals surface area contributed by atoms with Gasteiger partial charge in [0, 0.05) is 30.8 Å². The van der Waals surface area contributed by atoms with Crippen LogP contribution in [0.1, 0.15) is 28.8 Å². The molecule has 5 N–H and O–H groups in total. The summed E-state index contributed by atoms with van der Waals surface area (Å²) in [4.78, 5) is 20.8. The number of nitrogens with two attached hydrogens (primary N) is 1. The van der Waals surface area contributed by atoms with Crippen LogP contribution in [0.2, 0.25) is 0 Å². The highest BCUT2D eigenvalue weighted by molar-refractivity contribution is 5.98. The van der Waals surface area contributed by atoms with E-state index in [0.29, 0.717) is 30.8 Å². The Hall–Kier alpha value is -2.45. The molecule has 0 unspecified atom stereocenters. The molecule has 2 heterocycles. The molecular weight excluding hydrogens is 322 g/mol. The molecule has 2 aliphatic heterocycles. The van der Waals surface area contributed by atoms with Gasteiger partial charge in [-0.15, -0.1) is 0 Å². The topological polar surface area (TPSA) is 126 Å². The Kier molecular flexibility index (Phi) is 4.73. The van der Waals surface area contributed by atoms with Crippen LogP contribution < -0.4 is 5.73 Å². The van der Waals surface area contributed by atoms with Gasteiger partial charge in [0.25, 0.3) is 5.91 Å². The molecule has 1 spiro atoms. The van der Waals surface area contributed by atoms with Crippen LogP contribution in [-0.4, -0.2) is 76.1 Å². The maximum atomic E-state index is 12.6. The fourth-order valence-corrected chi connectivity index (χ4v) is 3.37. The SMILES string of the molecule is N=C(N)c1ccc(C(=O)N2CCC3(CC2)CN(CC(O)O)C=N3)cc1. The molecular formula is C17H23N5O3. The number of rotatable bonds is 4. The molecule has 8 heteroatoms. The van der Waals surface area contributed by atoms with Gasteiger partial charge in [-0.3, -0.25) is 15.2 Å². The number of aliphatic hydroxyl groups is 2. The van der Waals surface area contributed by atoms with Crippen molar-refractivity contribution in [1.29, 1.82) is 5.41 Å². The van der Waals surface area contributed by atoms with Crippen LogP contribution in [0, 0.1) is 5.41 Å². The second kappa shape index (κ2) is 6.81. The Morgan fingerprint density at radius 2 is 1.84 bits per heavy atom. The Labute approximate surface area is 146 Å². The van der Waals surface area contributed by atoms with Crippen molar-refractivity contribution in [2.24, 2.45) is 10.7 Å². The maximum Gasteiger partial charge on any atom is 0.253 e. The van der Waals surface area contributed by atoms with Crippen LogP contribution in [0.25, 0.3) is 0 Å². The zero-order valence-electron chi connectivity index (χ0n) is 13.9. The number of β-amino-alcohol motifs (C(OH)–C–C–N with tert-alkyl or cyclic N) is 2. The lowest BCUT2D eigenvalue weighted by molar-refractivity contribution is -0.0512. The van der Waals surface area contributed by atoms with Gasteiger partial charge < -0.3 is 25.7 Å². The summed E-state index contributed by atoms with van der Waals surface area (Å²) in [6.07, 6.45) is 1.80. The quantitative estimate of drug-likeness (QED) is 0.336. The number of carbonyl (C=O) groups excluding carboxylic acids is 1. The van der Waals surface area contributed by atoms with Gasteiger partial charge in [-0.1, -0.05) is 12.1 Å². The van der Waals surface area contributed by atoms with E-state index < -0.39 is 6.29 Å². The first kappa shape index (κ1) is 17.4. The fourth-order valence-electron chi connectivity index (χ4n) is 3.37. The fraction of sp³-hybridized carbons (Fsp3) is 0.471. The molecule has 3 rings (SSSR count). The van der Waals surface area contributed by atoms with Crippen molar-refractivity contribution >= 4 is 18.1 Å². The first-order chi connectivity index (χ1) is 11.9. The summed E-state index contributed by atoms with van der Waals surface area (Å²) in [6, 6.07) is 6.75. The highest BCUT2D eigenvalue weighted by Crippen LogP contribution is 2.31. The highest BCUT2D eigenvalue weighted by atomic mass is 16.5. The number of piperidine rings is 1. The summed E-state index contributed by atoms with van der Waals surface area (Å²) in [5.41, 5.74) is 6.38. The van der Waals surface area contributed by atoms with Gasteiger partial charge in [-0.05, 0) is 25.0 Å². The molecule has 0 aliphatic carbocycles. The van der Waals surface area contributed by atoms with E-state index in [1.54, 1.807) is 30.6 Å². The molecule has 1 amide bonds. The van der Waals surface area contributed by atoms with Crippen molar-refractivity contribution in [3.05, 3.63) is 35.4 Å². The lowest BCUT2D eigenvalue weighted by Crippen LogP contribution is -2.48. The largest absolute Gasteiger partial charge is 0.384 e. The van der Waals surface area contributed by atoms with Crippen LogP contribution >= 0.6 is 0 Å². The first-order valence-corrected chi connectivity index (χ1v) is 8.28. The number of likely N-dealkylation sites (tertiary alicyclic amines) is 1. The standard InChI is InChI=1S/C17H23N5O3/c18-15(19)12-1-3-13(4-2-12)16(25)22-7-5-17(6-8-22)10-21(11-20-17)9-14(23)24/h1-4,11,14,23-24H,5-10H2,(H3,18,19). The van der Waals surface area contributed by atoms with Crippen molar-refractivity contribution in [3.63, 3.8) is 0 Å². The predicted octanol–water partition coefficient (Wildman–Crippen LogP) is -0.400. The number of hydrogen-bond donors (Lipinski definition) is 4. The van der Waals surface area contributed by atoms with Gasteiger partial charge in [0.05, 0.1) is 18.4 Å². The van der Waals surface area contributed by atoms with E-state index in [9.17, 15) is 4.79 Å². The summed E-state index contributed by atoms with van der Waals surface area (Å²) in [5, 5.41) is 25.5. The van der Waals surface area contributed by atoms with Crippen molar-refractivity contribution in [1.82, 2.24) is 9.80 Å². The van der Waals surface area contributed by atoms with Gasteiger partial charge in [-0.25, -0.2) is 0 Å². The Bertz CT molecular complexity index is 678. The molecule has 1 aromatic rings. The molecule has 0 atom stereocenters. The summed E-state index contributed by atoms with van der Waals surface area (Å²) >= 11 is 0. The summed E-state index contributed by atoms with van der Waals surface area (Å²) < 4.78 is 0. The molecule has 0 radical (unpaired) electrons. The number of amides is 1. The summed E-state index contributed by atoms with van der Waals surface area (Å²) in [7, 11) is 0. The molecule has 0 aromatic heterocycles. The average Bonchev–Trinajstić information content (AvgIpc) is 2.96. The van der Waals surface area contributed by atoms with Crippen molar-refractivity contribution in [3.8, 4) is 0 Å². The van der Waals surface area contributed by atoms with Crippen LogP contribution in [0.15, 0.2) is 29.3 Å². The third kappa shape index (κ3) is 3.80. The van der Waals surface area contributed by atoms with E-state index in [2.05, 4.69) is 4.99 Å². The van der Waals surface area contributed by atoms with E-state index >= 15 is 0 Å². The molecule has 1 aromatic carbocycles. The molecule has 134 valence electrons. The maximum absolute atomic E-state index is 12.6. The summed E-state index contributed by atoms with van der Waals surface area (Å²) in [5.74, 6) is -0.0508. The minimum atomic E-state index is -1.37. The third-order valence-corrected chi connectivity index (χ3v) is 4.81. The number of nitrogens with zero attached hydrogens (tertiary/aromatic N) is 3. The van der Waals surface area contributed by atoms with Crippen LogP contribution in [0.5, 0.6) is 0 Å². The number of hydrogen-bond acceptors (Lipinski definition) is 6. The number of aliphatic hydroxyl groups excluding tert-OH is 1. The van der Waals surface area contributed by atoms with Crippen molar-refractivity contribution in [2.75, 3.05) is 26.2 Å². The van der Waals surface area contributed by atoms with Crippen LogP contribution in [-0.2, 0) is 0 Å². The summed E-state index contributed by atoms with van der Waals surface area (Å²) in [6.45, 7) is 2.02. The zero-order chi connectivity index (χ0) is 18.0. The highest BCUT2D eigenvalue weighted by Gasteiger charge is 2.39. The van der Waals surface area contributed by atoms with E-state index in [1.807, 2.05) is 9.80 Å². The van der Waals surface area contributed by atoms with Gasteiger partial charge in [0.2, 0.25) is 0 Å². The number of benzene rings is 1. The first-order valence-electron chi connectivity index (χ1n) is 8.28. The normalized spacial score (nSPS) is 19.0. The average molecular weight is 345 g/mol. The molecule has 0 saturated carbocycles. The van der Waals surface area contributed by atoms with E-state index in [1.165, 1.54) is 0 Å². The van der Waals surface area contributed by atoms with Crippen molar-refractivity contribution in [2.45, 2.75) is 24.7 Å². The third-order valence-electron chi connectivity index (χ3n) is 4.81. The molecule has 1 saturated heterocycles. The lowest BCUT2D eigenvalue weighted by Gasteiger charge is -2.38. The predicted molar refractivity (Wildman–Crippen MR) is 93.6 cm³/mol. The molecule has 8 nitrogen and oxygen atoms in total. The minimum Gasteiger partial charge on any atom is -0.384 e. The van der Waals surface area contributed by atoms with Crippen LogP contribution in [0.3, 0.4) is 0 Å². The van der Waals surface area contributed by atoms with Crippen molar-refractivity contribution < 1.29 is 15.0 Å². The second-order valence-electron chi connectivity index (χ2n) is 6.66. The Morgan fingerprint density at radius 3 is 2.40 bits per heavy atom. The van der Waals surface area contributed by atoms with E-state index in [4.69, 9.17) is 21.4 Å². The zero-order valence-corrected chi connectivity index (χ0v) is 13.9. The lowest BCUT2D eigenvalue weighted by atomic mass is 9.88. The second-order valence-corrected chi connectivity index (χ2v) is 6.66. The number of carbonyl (C=O) groups is 1. The van der Waals surface area contributed by atoms with Crippen LogP contribution in [0.4, 0.5) is 0 Å². The van der Waals surface area contributed by atoms with Gasteiger partial charge in [0.15, 0.2) is 6.29 Å².